The molecule has 1 N–H and O–H groups in total. The molecule has 1 nitrogen and oxygen atoms in total. The van der Waals surface area contributed by atoms with E-state index in [0.717, 1.165) is 43.9 Å². The Labute approximate surface area is 185 Å². The van der Waals surface area contributed by atoms with Gasteiger partial charge in [0, 0.05) is 0 Å². The zero-order valence-corrected chi connectivity index (χ0v) is 19.0. The zero-order valence-electron chi connectivity index (χ0n) is 19.0. The van der Waals surface area contributed by atoms with E-state index in [1.165, 1.54) is 44.6 Å². The topological polar surface area (TPSA) is 20.2 Å². The number of aliphatic hydroxyl groups excluding tert-OH is 1. The van der Waals surface area contributed by atoms with Crippen molar-refractivity contribution in [2.75, 3.05) is 0 Å². The molecule has 0 heterocycles. The molecule has 1 aromatic carbocycles. The van der Waals surface area contributed by atoms with Crippen molar-refractivity contribution in [2.45, 2.75) is 103 Å². The summed E-state index contributed by atoms with van der Waals surface area (Å²) in [7, 11) is 0. The van der Waals surface area contributed by atoms with E-state index < -0.39 is 23.6 Å². The van der Waals surface area contributed by atoms with E-state index in [1.807, 2.05) is 6.92 Å². The van der Waals surface area contributed by atoms with Crippen LogP contribution in [0.5, 0.6) is 0 Å². The van der Waals surface area contributed by atoms with E-state index in [2.05, 4.69) is 18.8 Å². The highest BCUT2D eigenvalue weighted by Gasteiger charge is 2.33. The van der Waals surface area contributed by atoms with Gasteiger partial charge in [0.2, 0.25) is 0 Å². The van der Waals surface area contributed by atoms with Gasteiger partial charge in [0.25, 0.3) is 0 Å². The fourth-order valence-corrected chi connectivity index (χ4v) is 5.78. The molecule has 3 rings (SSSR count). The maximum atomic E-state index is 14.6. The molecule has 2 fully saturated rings. The second-order valence-corrected chi connectivity index (χ2v) is 9.71. The molecule has 4 heteroatoms. The van der Waals surface area contributed by atoms with Crippen molar-refractivity contribution in [1.82, 2.24) is 0 Å². The number of rotatable bonds is 6. The quantitative estimate of drug-likeness (QED) is 0.363. The Kier molecular flexibility index (Phi) is 8.90. The Balaban J connectivity index is 1.66. The van der Waals surface area contributed by atoms with Crippen LogP contribution in [-0.2, 0) is 0 Å². The maximum absolute atomic E-state index is 14.6. The lowest BCUT2D eigenvalue weighted by molar-refractivity contribution is 0.155. The van der Waals surface area contributed by atoms with E-state index in [-0.39, 0.29) is 17.0 Å². The van der Waals surface area contributed by atoms with Crippen molar-refractivity contribution in [3.05, 3.63) is 34.6 Å². The molecule has 1 aromatic rings. The van der Waals surface area contributed by atoms with Crippen molar-refractivity contribution < 1.29 is 18.3 Å². The van der Waals surface area contributed by atoms with E-state index in [0.29, 0.717) is 12.3 Å². The van der Waals surface area contributed by atoms with Crippen LogP contribution in [0.25, 0.3) is 0 Å². The van der Waals surface area contributed by atoms with Crippen molar-refractivity contribution in [3.63, 3.8) is 0 Å². The van der Waals surface area contributed by atoms with Crippen LogP contribution < -0.4 is 0 Å². The molecule has 2 aliphatic rings. The van der Waals surface area contributed by atoms with Crippen LogP contribution in [0.4, 0.5) is 13.2 Å². The van der Waals surface area contributed by atoms with Gasteiger partial charge >= 0.3 is 0 Å². The Morgan fingerprint density at radius 1 is 0.871 bits per heavy atom. The number of hydrogen-bond acceptors (Lipinski definition) is 1. The number of aliphatic hydroxyl groups is 1. The molecule has 2 saturated carbocycles. The van der Waals surface area contributed by atoms with Crippen LogP contribution in [-0.4, -0.2) is 11.2 Å². The van der Waals surface area contributed by atoms with E-state index in [4.69, 9.17) is 0 Å². The highest BCUT2D eigenvalue weighted by molar-refractivity contribution is 5.41. The van der Waals surface area contributed by atoms with Crippen molar-refractivity contribution in [2.24, 2.45) is 17.8 Å². The van der Waals surface area contributed by atoms with Gasteiger partial charge in [-0.2, -0.15) is 0 Å². The summed E-state index contributed by atoms with van der Waals surface area (Å²) in [6, 6.07) is 1.38. The van der Waals surface area contributed by atoms with Crippen LogP contribution in [0, 0.1) is 47.0 Å². The lowest BCUT2D eigenvalue weighted by Gasteiger charge is -2.38. The van der Waals surface area contributed by atoms with Crippen LogP contribution in [0.2, 0.25) is 0 Å². The summed E-state index contributed by atoms with van der Waals surface area (Å²) < 4.78 is 43.1. The van der Waals surface area contributed by atoms with Gasteiger partial charge in [-0.1, -0.05) is 57.8 Å². The Morgan fingerprint density at radius 3 is 2.06 bits per heavy atom. The molecular formula is C27H37F3O. The summed E-state index contributed by atoms with van der Waals surface area (Å²) in [5.74, 6) is 3.57. The van der Waals surface area contributed by atoms with Gasteiger partial charge < -0.3 is 5.11 Å². The van der Waals surface area contributed by atoms with Crippen LogP contribution >= 0.6 is 0 Å². The first-order valence-electron chi connectivity index (χ1n) is 12.3. The van der Waals surface area contributed by atoms with Gasteiger partial charge in [0.1, 0.15) is 6.10 Å². The minimum Gasteiger partial charge on any atom is -0.380 e. The van der Waals surface area contributed by atoms with Crippen molar-refractivity contribution >= 4 is 0 Å². The Bertz CT molecular complexity index is 778. The lowest BCUT2D eigenvalue weighted by Crippen LogP contribution is -2.25. The Hall–Kier alpha value is -1.47. The first-order chi connectivity index (χ1) is 14.9. The maximum Gasteiger partial charge on any atom is 0.195 e. The van der Waals surface area contributed by atoms with Crippen LogP contribution in [0.1, 0.15) is 108 Å². The normalized spacial score (nSPS) is 27.4. The van der Waals surface area contributed by atoms with Gasteiger partial charge in [-0.25, -0.2) is 13.2 Å². The summed E-state index contributed by atoms with van der Waals surface area (Å²) in [6.45, 7) is 4.17. The van der Waals surface area contributed by atoms with E-state index in [1.54, 1.807) is 0 Å². The standard InChI is InChI=1S/C27H37F3O/c1-3-5-18-7-9-19(10-8-18)20-11-13-21(14-12-20)24-17-22(15-16-23(31)6-4-2)25(28)27(30)26(24)29/h17-21,23,31H,3-14H2,1-2H3. The molecule has 1 atom stereocenters. The highest BCUT2D eigenvalue weighted by Crippen LogP contribution is 2.45. The van der Waals surface area contributed by atoms with E-state index in [9.17, 15) is 18.3 Å². The Morgan fingerprint density at radius 2 is 1.48 bits per heavy atom. The minimum absolute atomic E-state index is 0.0936. The second-order valence-electron chi connectivity index (χ2n) is 9.71. The fourth-order valence-electron chi connectivity index (χ4n) is 5.78. The zero-order chi connectivity index (χ0) is 22.4. The van der Waals surface area contributed by atoms with E-state index >= 15 is 0 Å². The first kappa shape index (κ1) is 24.2. The van der Waals surface area contributed by atoms with Crippen LogP contribution in [0.15, 0.2) is 6.07 Å². The molecule has 31 heavy (non-hydrogen) atoms. The van der Waals surface area contributed by atoms with Gasteiger partial charge in [-0.3, -0.25) is 0 Å². The summed E-state index contributed by atoms with van der Waals surface area (Å²) in [4.78, 5) is 0. The predicted octanol–water partition coefficient (Wildman–Crippen LogP) is 7.50. The molecule has 0 amide bonds. The number of benzene rings is 1. The molecule has 172 valence electrons. The number of hydrogen-bond donors (Lipinski definition) is 1. The molecule has 0 spiro atoms. The molecule has 0 saturated heterocycles. The summed E-state index contributed by atoms with van der Waals surface area (Å²) in [5, 5.41) is 9.78. The second kappa shape index (κ2) is 11.4. The summed E-state index contributed by atoms with van der Waals surface area (Å²) >= 11 is 0. The largest absolute Gasteiger partial charge is 0.380 e. The third kappa shape index (κ3) is 6.07. The fraction of sp³-hybridized carbons (Fsp3) is 0.704. The molecule has 1 unspecified atom stereocenters. The van der Waals surface area contributed by atoms with Gasteiger partial charge in [-0.05, 0) is 80.2 Å². The molecule has 0 bridgehead atoms. The third-order valence-corrected chi connectivity index (χ3v) is 7.58. The summed E-state index contributed by atoms with van der Waals surface area (Å²) in [5.41, 5.74) is 0.0960. The average Bonchev–Trinajstić information content (AvgIpc) is 2.78. The SMILES string of the molecule is CCCC(O)C#Cc1cc(C2CCC(C3CCC(CCC)CC3)CC2)c(F)c(F)c1F. The molecule has 2 aliphatic carbocycles. The van der Waals surface area contributed by atoms with Crippen LogP contribution in [0.3, 0.4) is 0 Å². The van der Waals surface area contributed by atoms with Gasteiger partial charge in [0.15, 0.2) is 17.5 Å². The average molecular weight is 435 g/mol. The third-order valence-electron chi connectivity index (χ3n) is 7.58. The smallest absolute Gasteiger partial charge is 0.195 e. The monoisotopic (exact) mass is 434 g/mol. The van der Waals surface area contributed by atoms with Crippen molar-refractivity contribution in [3.8, 4) is 11.8 Å². The van der Waals surface area contributed by atoms with Crippen molar-refractivity contribution in [1.29, 1.82) is 0 Å². The van der Waals surface area contributed by atoms with Gasteiger partial charge in [0.05, 0.1) is 5.56 Å². The minimum atomic E-state index is -1.44. The lowest BCUT2D eigenvalue weighted by atomic mass is 9.68. The first-order valence-corrected chi connectivity index (χ1v) is 12.3. The van der Waals surface area contributed by atoms with Gasteiger partial charge in [-0.15, -0.1) is 0 Å². The molecular weight excluding hydrogens is 397 g/mol. The summed E-state index contributed by atoms with van der Waals surface area (Å²) in [6.07, 6.45) is 11.9. The molecule has 0 aliphatic heterocycles. The molecule has 0 aromatic heterocycles. The highest BCUT2D eigenvalue weighted by atomic mass is 19.2. The predicted molar refractivity (Wildman–Crippen MR) is 119 cm³/mol. The molecule has 0 radical (unpaired) electrons. The number of halogens is 3.